The van der Waals surface area contributed by atoms with Crippen molar-refractivity contribution in [3.05, 3.63) is 60.2 Å². The minimum absolute atomic E-state index is 0. The molecule has 2 N–H and O–H groups in total. The van der Waals surface area contributed by atoms with Gasteiger partial charge in [-0.05, 0) is 24.3 Å². The molecule has 2 aromatic rings. The molecule has 0 unspecified atom stereocenters. The molecule has 0 bridgehead atoms. The van der Waals surface area contributed by atoms with E-state index in [1.165, 1.54) is 0 Å². The molecule has 0 amide bonds. The normalized spacial score (nSPS) is 9.17. The number of halogens is 2. The average molecular weight is 302 g/mol. The molecule has 0 atom stereocenters. The summed E-state index contributed by atoms with van der Waals surface area (Å²) in [5, 5.41) is 0. The summed E-state index contributed by atoms with van der Waals surface area (Å²) in [5.74, 6) is -0.211. The maximum Gasteiger partial charge on any atom is 0.0935 e. The zero-order valence-electron chi connectivity index (χ0n) is 9.39. The van der Waals surface area contributed by atoms with E-state index in [0.29, 0.717) is 4.99 Å². The van der Waals surface area contributed by atoms with Gasteiger partial charge >= 0.3 is 0 Å². The third kappa shape index (κ3) is 3.91. The Hall–Kier alpha value is -1.23. The van der Waals surface area contributed by atoms with Gasteiger partial charge in [0.1, 0.15) is 0 Å². The first-order valence-corrected chi connectivity index (χ1v) is 5.31. The van der Waals surface area contributed by atoms with E-state index in [2.05, 4.69) is 9.97 Å². The van der Waals surface area contributed by atoms with E-state index in [9.17, 15) is 0 Å². The summed E-state index contributed by atoms with van der Waals surface area (Å²) in [6.07, 6.45) is 3.45. The van der Waals surface area contributed by atoms with Crippen LogP contribution in [0.3, 0.4) is 0 Å². The lowest BCUT2D eigenvalue weighted by Crippen LogP contribution is -2.22. The van der Waals surface area contributed by atoms with Crippen LogP contribution in [0.25, 0.3) is 0 Å². The third-order valence-electron chi connectivity index (χ3n) is 2.25. The molecule has 18 heavy (non-hydrogen) atoms. The fraction of sp³-hybridized carbons (Fsp3) is 0.0833. The Morgan fingerprint density at radius 1 is 0.944 bits per heavy atom. The van der Waals surface area contributed by atoms with Crippen molar-refractivity contribution in [1.82, 2.24) is 9.97 Å². The Morgan fingerprint density at radius 2 is 1.39 bits per heavy atom. The fourth-order valence-corrected chi connectivity index (χ4v) is 1.78. The highest BCUT2D eigenvalue weighted by atomic mass is 35.5. The van der Waals surface area contributed by atoms with Gasteiger partial charge in [0, 0.05) is 12.4 Å². The van der Waals surface area contributed by atoms with Gasteiger partial charge in [-0.2, -0.15) is 0 Å². The van der Waals surface area contributed by atoms with E-state index in [-0.39, 0.29) is 30.7 Å². The Labute approximate surface area is 124 Å². The maximum atomic E-state index is 5.75. The standard InChI is InChI=1S/C12H11N3S.2ClH/c13-12(16)11(9-5-1-3-7-14-9)10-6-2-4-8-15-10;;/h1-8,11H,(H2,13,16);2*1H. The second kappa shape index (κ2) is 7.97. The molecule has 0 fully saturated rings. The second-order valence-corrected chi connectivity index (χ2v) is 3.82. The predicted molar refractivity (Wildman–Crippen MR) is 81.6 cm³/mol. The number of aromatic nitrogens is 2. The highest BCUT2D eigenvalue weighted by molar-refractivity contribution is 7.80. The third-order valence-corrected chi connectivity index (χ3v) is 2.49. The van der Waals surface area contributed by atoms with Gasteiger partial charge in [-0.3, -0.25) is 9.97 Å². The van der Waals surface area contributed by atoms with E-state index in [1.807, 2.05) is 36.4 Å². The lowest BCUT2D eigenvalue weighted by Gasteiger charge is -2.13. The van der Waals surface area contributed by atoms with E-state index < -0.39 is 0 Å². The Kier molecular flexibility index (Phi) is 7.43. The molecule has 0 aliphatic heterocycles. The Balaban J connectivity index is 0.00000144. The topological polar surface area (TPSA) is 51.8 Å². The van der Waals surface area contributed by atoms with Gasteiger partial charge < -0.3 is 5.73 Å². The summed E-state index contributed by atoms with van der Waals surface area (Å²) in [5.41, 5.74) is 7.41. The fourth-order valence-electron chi connectivity index (χ4n) is 1.54. The van der Waals surface area contributed by atoms with Crippen LogP contribution >= 0.6 is 37.0 Å². The Morgan fingerprint density at radius 3 is 1.67 bits per heavy atom. The number of rotatable bonds is 3. The molecule has 0 saturated carbocycles. The molecule has 3 nitrogen and oxygen atoms in total. The van der Waals surface area contributed by atoms with Crippen molar-refractivity contribution in [3.63, 3.8) is 0 Å². The van der Waals surface area contributed by atoms with Crippen molar-refractivity contribution in [1.29, 1.82) is 0 Å². The summed E-state index contributed by atoms with van der Waals surface area (Å²) in [4.78, 5) is 8.92. The second-order valence-electron chi connectivity index (χ2n) is 3.34. The van der Waals surface area contributed by atoms with Crippen LogP contribution in [0.5, 0.6) is 0 Å². The quantitative estimate of drug-likeness (QED) is 0.886. The molecule has 0 aliphatic carbocycles. The molecule has 0 radical (unpaired) electrons. The highest BCUT2D eigenvalue weighted by Gasteiger charge is 2.18. The predicted octanol–water partition coefficient (Wildman–Crippen LogP) is 2.74. The van der Waals surface area contributed by atoms with Crippen LogP contribution in [0.1, 0.15) is 17.3 Å². The van der Waals surface area contributed by atoms with Crippen LogP contribution in [0.15, 0.2) is 48.8 Å². The largest absolute Gasteiger partial charge is 0.392 e. The molecule has 96 valence electrons. The minimum Gasteiger partial charge on any atom is -0.392 e. The number of nitrogens with zero attached hydrogens (tertiary/aromatic N) is 2. The highest BCUT2D eigenvalue weighted by Crippen LogP contribution is 2.20. The van der Waals surface area contributed by atoms with Crippen LogP contribution in [0.2, 0.25) is 0 Å². The smallest absolute Gasteiger partial charge is 0.0935 e. The molecule has 6 heteroatoms. The lowest BCUT2D eigenvalue weighted by atomic mass is 10.00. The van der Waals surface area contributed by atoms with Crippen LogP contribution in [-0.4, -0.2) is 15.0 Å². The molecule has 2 rings (SSSR count). The summed E-state index contributed by atoms with van der Waals surface area (Å²) < 4.78 is 0. The number of nitrogens with two attached hydrogens (primary N) is 1. The monoisotopic (exact) mass is 301 g/mol. The van der Waals surface area contributed by atoms with Gasteiger partial charge in [0.05, 0.1) is 22.3 Å². The number of hydrogen-bond donors (Lipinski definition) is 1. The van der Waals surface area contributed by atoms with Crippen LogP contribution in [0.4, 0.5) is 0 Å². The van der Waals surface area contributed by atoms with E-state index in [1.54, 1.807) is 12.4 Å². The zero-order valence-corrected chi connectivity index (χ0v) is 11.8. The van der Waals surface area contributed by atoms with Crippen molar-refractivity contribution in [2.24, 2.45) is 5.73 Å². The number of thiocarbonyl (C=S) groups is 1. The lowest BCUT2D eigenvalue weighted by molar-refractivity contribution is 0.946. The van der Waals surface area contributed by atoms with Gasteiger partial charge in [-0.15, -0.1) is 24.8 Å². The van der Waals surface area contributed by atoms with Crippen molar-refractivity contribution in [2.45, 2.75) is 5.92 Å². The van der Waals surface area contributed by atoms with Crippen LogP contribution < -0.4 is 5.73 Å². The van der Waals surface area contributed by atoms with Gasteiger partial charge in [-0.25, -0.2) is 0 Å². The molecular formula is C12H13Cl2N3S. The number of pyridine rings is 2. The maximum absolute atomic E-state index is 5.75. The first-order chi connectivity index (χ1) is 7.79. The summed E-state index contributed by atoms with van der Waals surface area (Å²) in [6, 6.07) is 11.3. The summed E-state index contributed by atoms with van der Waals surface area (Å²) in [7, 11) is 0. The van der Waals surface area contributed by atoms with Crippen molar-refractivity contribution in [2.75, 3.05) is 0 Å². The van der Waals surface area contributed by atoms with Crippen LogP contribution in [-0.2, 0) is 0 Å². The van der Waals surface area contributed by atoms with Crippen molar-refractivity contribution >= 4 is 42.0 Å². The molecule has 0 saturated heterocycles. The Bertz CT molecular complexity index is 440. The molecule has 2 aromatic heterocycles. The van der Waals surface area contributed by atoms with Gasteiger partial charge in [0.2, 0.25) is 0 Å². The SMILES string of the molecule is Cl.Cl.NC(=S)C(c1ccccn1)c1ccccn1. The van der Waals surface area contributed by atoms with Crippen molar-refractivity contribution in [3.8, 4) is 0 Å². The molecule has 2 heterocycles. The first-order valence-electron chi connectivity index (χ1n) is 4.90. The zero-order chi connectivity index (χ0) is 11.4. The summed E-state index contributed by atoms with van der Waals surface area (Å²) in [6.45, 7) is 0. The van der Waals surface area contributed by atoms with Gasteiger partial charge in [0.25, 0.3) is 0 Å². The van der Waals surface area contributed by atoms with Gasteiger partial charge in [0.15, 0.2) is 0 Å². The summed E-state index contributed by atoms with van der Waals surface area (Å²) >= 11 is 5.08. The molecular weight excluding hydrogens is 289 g/mol. The molecule has 0 aliphatic rings. The van der Waals surface area contributed by atoms with E-state index in [0.717, 1.165) is 11.4 Å². The molecule has 0 spiro atoms. The van der Waals surface area contributed by atoms with Gasteiger partial charge in [-0.1, -0.05) is 24.4 Å². The van der Waals surface area contributed by atoms with E-state index in [4.69, 9.17) is 18.0 Å². The average Bonchev–Trinajstić information content (AvgIpc) is 2.31. The minimum atomic E-state index is -0.211. The van der Waals surface area contributed by atoms with E-state index >= 15 is 0 Å². The van der Waals surface area contributed by atoms with Crippen LogP contribution in [0, 0.1) is 0 Å². The van der Waals surface area contributed by atoms with Crippen molar-refractivity contribution < 1.29 is 0 Å². The number of hydrogen-bond acceptors (Lipinski definition) is 3. The molecule has 0 aromatic carbocycles. The first kappa shape index (κ1) is 16.8.